The molecule has 1 aromatic heterocycles. The summed E-state index contributed by atoms with van der Waals surface area (Å²) in [7, 11) is -3.82. The van der Waals surface area contributed by atoms with Gasteiger partial charge in [0.2, 0.25) is 15.9 Å². The number of aromatic amines is 1. The number of H-pyrrole nitrogens is 1. The van der Waals surface area contributed by atoms with E-state index in [-0.39, 0.29) is 23.2 Å². The van der Waals surface area contributed by atoms with Gasteiger partial charge in [-0.05, 0) is 50.2 Å². The molecule has 10 heteroatoms. The lowest BCUT2D eigenvalue weighted by Gasteiger charge is -2.39. The van der Waals surface area contributed by atoms with E-state index in [1.54, 1.807) is 12.1 Å². The van der Waals surface area contributed by atoms with Gasteiger partial charge in [0.05, 0.1) is 28.2 Å². The largest absolute Gasteiger partial charge is 0.484 e. The quantitative estimate of drug-likeness (QED) is 0.627. The van der Waals surface area contributed by atoms with Crippen LogP contribution in [0.1, 0.15) is 26.6 Å². The summed E-state index contributed by atoms with van der Waals surface area (Å²) < 4.78 is 47.3. The van der Waals surface area contributed by atoms with Gasteiger partial charge in [0.15, 0.2) is 0 Å². The second kappa shape index (κ2) is 7.61. The molecule has 0 saturated carbocycles. The molecular formula is C21H23FN4O4S. The monoisotopic (exact) mass is 446 g/mol. The van der Waals surface area contributed by atoms with E-state index in [2.05, 4.69) is 14.7 Å². The molecule has 0 unspecified atom stereocenters. The number of halogens is 1. The van der Waals surface area contributed by atoms with Crippen LogP contribution in [0.3, 0.4) is 0 Å². The molecule has 31 heavy (non-hydrogen) atoms. The Morgan fingerprint density at radius 1 is 1.29 bits per heavy atom. The van der Waals surface area contributed by atoms with Crippen LogP contribution in [0.2, 0.25) is 0 Å². The van der Waals surface area contributed by atoms with E-state index in [1.807, 2.05) is 13.8 Å². The van der Waals surface area contributed by atoms with Crippen LogP contribution in [-0.2, 0) is 21.2 Å². The average Bonchev–Trinajstić information content (AvgIpc) is 3.07. The number of anilines is 1. The zero-order valence-electron chi connectivity index (χ0n) is 17.4. The van der Waals surface area contributed by atoms with Crippen molar-refractivity contribution in [2.75, 3.05) is 18.0 Å². The van der Waals surface area contributed by atoms with E-state index in [4.69, 9.17) is 4.74 Å². The van der Waals surface area contributed by atoms with Gasteiger partial charge in [0.1, 0.15) is 23.0 Å². The zero-order valence-corrected chi connectivity index (χ0v) is 18.2. The molecule has 164 valence electrons. The molecule has 8 nitrogen and oxygen atoms in total. The van der Waals surface area contributed by atoms with Gasteiger partial charge in [-0.25, -0.2) is 22.5 Å². The van der Waals surface area contributed by atoms with Crippen LogP contribution in [0, 0.1) is 5.82 Å². The van der Waals surface area contributed by atoms with Gasteiger partial charge in [-0.15, -0.1) is 0 Å². The minimum Gasteiger partial charge on any atom is -0.484 e. The minimum atomic E-state index is -3.82. The summed E-state index contributed by atoms with van der Waals surface area (Å²) in [6.07, 6.45) is 0.303. The van der Waals surface area contributed by atoms with Gasteiger partial charge in [0.25, 0.3) is 0 Å². The molecule has 0 spiro atoms. The summed E-state index contributed by atoms with van der Waals surface area (Å²) in [5.41, 5.74) is 1.02. The predicted octanol–water partition coefficient (Wildman–Crippen LogP) is 2.75. The van der Waals surface area contributed by atoms with E-state index in [0.717, 1.165) is 0 Å². The molecule has 0 atom stereocenters. The highest BCUT2D eigenvalue weighted by Crippen LogP contribution is 2.38. The molecule has 1 aliphatic rings. The minimum absolute atomic E-state index is 0.0347. The Bertz CT molecular complexity index is 1270. The normalized spacial score (nSPS) is 15.5. The van der Waals surface area contributed by atoms with Crippen LogP contribution in [0.15, 0.2) is 41.3 Å². The van der Waals surface area contributed by atoms with Crippen molar-refractivity contribution in [1.29, 1.82) is 0 Å². The van der Waals surface area contributed by atoms with E-state index >= 15 is 0 Å². The number of sulfonamides is 1. The fraction of sp³-hybridized carbons (Fsp3) is 0.333. The Morgan fingerprint density at radius 2 is 2.06 bits per heavy atom. The number of fused-ring (bicyclic) bond motifs is 2. The van der Waals surface area contributed by atoms with Gasteiger partial charge in [-0.2, -0.15) is 0 Å². The maximum absolute atomic E-state index is 13.3. The van der Waals surface area contributed by atoms with Crippen LogP contribution in [0.5, 0.6) is 5.75 Å². The highest BCUT2D eigenvalue weighted by atomic mass is 32.2. The van der Waals surface area contributed by atoms with Crippen molar-refractivity contribution in [1.82, 2.24) is 14.7 Å². The van der Waals surface area contributed by atoms with Crippen molar-refractivity contribution in [2.45, 2.75) is 37.7 Å². The second-order valence-electron chi connectivity index (χ2n) is 8.09. The van der Waals surface area contributed by atoms with E-state index in [9.17, 15) is 17.6 Å². The molecule has 1 aliphatic heterocycles. The molecule has 4 rings (SSSR count). The lowest BCUT2D eigenvalue weighted by Crippen LogP contribution is -2.48. The average molecular weight is 447 g/mol. The van der Waals surface area contributed by atoms with Gasteiger partial charge < -0.3 is 14.6 Å². The highest BCUT2D eigenvalue weighted by molar-refractivity contribution is 7.89. The maximum Gasteiger partial charge on any atom is 0.240 e. The molecule has 3 aromatic rings. The third-order valence-electron chi connectivity index (χ3n) is 4.98. The lowest BCUT2D eigenvalue weighted by atomic mass is 10.1. The van der Waals surface area contributed by atoms with Crippen LogP contribution in [0.25, 0.3) is 11.0 Å². The summed E-state index contributed by atoms with van der Waals surface area (Å²) in [5, 5.41) is 0. The van der Waals surface area contributed by atoms with Gasteiger partial charge in [-0.1, -0.05) is 0 Å². The standard InChI is InChI=1S/C21H23FN4O4S/c1-13(27)26-12-21(2,3)30-19-7-5-15(11-18(19)26)31(28,29)23-9-8-20-24-16-6-4-14(22)10-17(16)25-20/h4-7,10-11,23H,8-9,12H2,1-3H3,(H,24,25). The lowest BCUT2D eigenvalue weighted by molar-refractivity contribution is -0.117. The Hall–Kier alpha value is -2.98. The molecule has 0 fully saturated rings. The van der Waals surface area contributed by atoms with Crippen molar-refractivity contribution >= 4 is 32.7 Å². The van der Waals surface area contributed by atoms with E-state index in [1.165, 1.54) is 36.1 Å². The zero-order chi connectivity index (χ0) is 22.4. The van der Waals surface area contributed by atoms with Crippen molar-refractivity contribution in [2.24, 2.45) is 0 Å². The number of carbonyl (C=O) groups excluding carboxylic acids is 1. The highest BCUT2D eigenvalue weighted by Gasteiger charge is 2.34. The molecule has 0 saturated heterocycles. The molecular weight excluding hydrogens is 423 g/mol. The van der Waals surface area contributed by atoms with Crippen LogP contribution < -0.4 is 14.4 Å². The number of nitrogens with zero attached hydrogens (tertiary/aromatic N) is 2. The number of benzene rings is 2. The number of nitrogens with one attached hydrogen (secondary N) is 2. The number of carbonyl (C=O) groups is 1. The van der Waals surface area contributed by atoms with Crippen molar-refractivity contribution < 1.29 is 22.3 Å². The number of aromatic nitrogens is 2. The number of rotatable bonds is 5. The van der Waals surface area contributed by atoms with E-state index < -0.39 is 15.6 Å². The van der Waals surface area contributed by atoms with Crippen LogP contribution >= 0.6 is 0 Å². The Labute approximate surface area is 179 Å². The molecule has 2 aromatic carbocycles. The molecule has 2 heterocycles. The molecule has 0 radical (unpaired) electrons. The third-order valence-corrected chi connectivity index (χ3v) is 6.44. The molecule has 0 aliphatic carbocycles. The van der Waals surface area contributed by atoms with Crippen LogP contribution in [-0.4, -0.2) is 43.0 Å². The number of hydrogen-bond acceptors (Lipinski definition) is 5. The fourth-order valence-electron chi connectivity index (χ4n) is 3.58. The first-order valence-electron chi connectivity index (χ1n) is 9.79. The summed E-state index contributed by atoms with van der Waals surface area (Å²) in [6.45, 7) is 5.58. The third kappa shape index (κ3) is 4.40. The summed E-state index contributed by atoms with van der Waals surface area (Å²) in [4.78, 5) is 21.0. The maximum atomic E-state index is 13.3. The van der Waals surface area contributed by atoms with Crippen molar-refractivity contribution in [3.05, 3.63) is 48.0 Å². The van der Waals surface area contributed by atoms with Crippen molar-refractivity contribution in [3.63, 3.8) is 0 Å². The molecule has 0 bridgehead atoms. The van der Waals surface area contributed by atoms with Crippen molar-refractivity contribution in [3.8, 4) is 5.75 Å². The molecule has 1 amide bonds. The first-order valence-corrected chi connectivity index (χ1v) is 11.3. The Morgan fingerprint density at radius 3 is 2.81 bits per heavy atom. The number of amides is 1. The SMILES string of the molecule is CC(=O)N1CC(C)(C)Oc2ccc(S(=O)(=O)NCCc3nc4ccc(F)cc4[nH]3)cc21. The number of ether oxygens (including phenoxy) is 1. The Kier molecular flexibility index (Phi) is 5.22. The Balaban J connectivity index is 1.50. The summed E-state index contributed by atoms with van der Waals surface area (Å²) in [5.74, 6) is 0.441. The summed E-state index contributed by atoms with van der Waals surface area (Å²) in [6, 6.07) is 8.68. The van der Waals surface area contributed by atoms with Gasteiger partial charge >= 0.3 is 0 Å². The molecule has 2 N–H and O–H groups in total. The van der Waals surface area contributed by atoms with E-state index in [0.29, 0.717) is 41.3 Å². The van der Waals surface area contributed by atoms with Crippen LogP contribution in [0.4, 0.5) is 10.1 Å². The summed E-state index contributed by atoms with van der Waals surface area (Å²) >= 11 is 0. The number of hydrogen-bond donors (Lipinski definition) is 2. The second-order valence-corrected chi connectivity index (χ2v) is 9.86. The number of imidazole rings is 1. The predicted molar refractivity (Wildman–Crippen MR) is 114 cm³/mol. The fourth-order valence-corrected chi connectivity index (χ4v) is 4.63. The first-order chi connectivity index (χ1) is 14.5. The first kappa shape index (κ1) is 21.3. The van der Waals surface area contributed by atoms with Gasteiger partial charge in [0, 0.05) is 19.9 Å². The topological polar surface area (TPSA) is 104 Å². The van der Waals surface area contributed by atoms with Gasteiger partial charge in [-0.3, -0.25) is 4.79 Å². The smallest absolute Gasteiger partial charge is 0.240 e.